The van der Waals surface area contributed by atoms with Crippen molar-refractivity contribution < 1.29 is 14.4 Å². The van der Waals surface area contributed by atoms with Crippen molar-refractivity contribution >= 4 is 5.69 Å². The third-order valence-corrected chi connectivity index (χ3v) is 3.13. The van der Waals surface area contributed by atoms with Gasteiger partial charge in [0.25, 0.3) is 5.69 Å². The van der Waals surface area contributed by atoms with E-state index in [1.54, 1.807) is 23.0 Å². The van der Waals surface area contributed by atoms with Crippen LogP contribution in [0.3, 0.4) is 0 Å². The van der Waals surface area contributed by atoms with E-state index < -0.39 is 4.92 Å². The lowest BCUT2D eigenvalue weighted by atomic mass is 10.2. The molecule has 7 nitrogen and oxygen atoms in total. The summed E-state index contributed by atoms with van der Waals surface area (Å²) in [7, 11) is 2.94. The van der Waals surface area contributed by atoms with Crippen molar-refractivity contribution in [3.63, 3.8) is 0 Å². The number of nitro groups is 1. The summed E-state index contributed by atoms with van der Waals surface area (Å²) in [6.07, 6.45) is 4.97. The van der Waals surface area contributed by atoms with Crippen molar-refractivity contribution in [1.29, 1.82) is 0 Å². The third kappa shape index (κ3) is 2.81. The standard InChI is InChI=1S/C14H17N3O4/c1-4-5-14-15-6-7-16(14)10-8-12(20-2)13(21-3)9-11(10)17(18)19/h6-9H,4-5H2,1-3H3. The lowest BCUT2D eigenvalue weighted by molar-refractivity contribution is -0.384. The largest absolute Gasteiger partial charge is 0.493 e. The number of aryl methyl sites for hydroxylation is 1. The Bertz CT molecular complexity index is 652. The second kappa shape index (κ2) is 6.25. The minimum Gasteiger partial charge on any atom is -0.493 e. The molecular weight excluding hydrogens is 274 g/mol. The van der Waals surface area contributed by atoms with Crippen LogP contribution in [0.5, 0.6) is 11.5 Å². The summed E-state index contributed by atoms with van der Waals surface area (Å²) in [5.41, 5.74) is 0.363. The number of rotatable bonds is 6. The average molecular weight is 291 g/mol. The topological polar surface area (TPSA) is 79.4 Å². The maximum atomic E-state index is 11.3. The fraction of sp³-hybridized carbons (Fsp3) is 0.357. The third-order valence-electron chi connectivity index (χ3n) is 3.13. The van der Waals surface area contributed by atoms with E-state index in [9.17, 15) is 10.1 Å². The quantitative estimate of drug-likeness (QED) is 0.604. The fourth-order valence-electron chi connectivity index (χ4n) is 2.16. The zero-order valence-electron chi connectivity index (χ0n) is 12.2. The van der Waals surface area contributed by atoms with E-state index in [1.807, 2.05) is 6.92 Å². The predicted molar refractivity (Wildman–Crippen MR) is 77.3 cm³/mol. The number of hydrogen-bond donors (Lipinski definition) is 0. The van der Waals surface area contributed by atoms with Gasteiger partial charge in [-0.05, 0) is 6.42 Å². The van der Waals surface area contributed by atoms with E-state index in [0.717, 1.165) is 18.7 Å². The molecule has 0 bridgehead atoms. The Hall–Kier alpha value is -2.57. The first-order valence-electron chi connectivity index (χ1n) is 6.55. The molecule has 7 heteroatoms. The molecular formula is C14H17N3O4. The first-order chi connectivity index (χ1) is 10.1. The Labute approximate surface area is 122 Å². The molecule has 1 aromatic heterocycles. The minimum atomic E-state index is -0.437. The molecule has 0 saturated carbocycles. The summed E-state index contributed by atoms with van der Waals surface area (Å²) in [4.78, 5) is 15.1. The Kier molecular flexibility index (Phi) is 4.42. The molecule has 0 radical (unpaired) electrons. The van der Waals surface area contributed by atoms with Gasteiger partial charge in [0.15, 0.2) is 11.5 Å². The van der Waals surface area contributed by atoms with Gasteiger partial charge in [0.1, 0.15) is 11.5 Å². The number of benzene rings is 1. The van der Waals surface area contributed by atoms with Crippen LogP contribution in [0.15, 0.2) is 24.5 Å². The van der Waals surface area contributed by atoms with Crippen LogP contribution in [0.2, 0.25) is 0 Å². The number of ether oxygens (including phenoxy) is 2. The predicted octanol–water partition coefficient (Wildman–Crippen LogP) is 2.75. The molecule has 0 amide bonds. The van der Waals surface area contributed by atoms with E-state index in [2.05, 4.69) is 4.98 Å². The van der Waals surface area contributed by atoms with E-state index >= 15 is 0 Å². The van der Waals surface area contributed by atoms with Gasteiger partial charge >= 0.3 is 0 Å². The maximum absolute atomic E-state index is 11.3. The number of hydrogen-bond acceptors (Lipinski definition) is 5. The van der Waals surface area contributed by atoms with Gasteiger partial charge in [-0.1, -0.05) is 6.92 Å². The van der Waals surface area contributed by atoms with E-state index in [1.165, 1.54) is 20.3 Å². The zero-order chi connectivity index (χ0) is 15.4. The van der Waals surface area contributed by atoms with Crippen molar-refractivity contribution in [2.75, 3.05) is 14.2 Å². The van der Waals surface area contributed by atoms with Gasteiger partial charge in [0.05, 0.1) is 25.2 Å². The van der Waals surface area contributed by atoms with Crippen molar-refractivity contribution in [3.05, 3.63) is 40.5 Å². The van der Waals surface area contributed by atoms with E-state index in [-0.39, 0.29) is 5.69 Å². The molecule has 2 rings (SSSR count). The molecule has 0 N–H and O–H groups in total. The average Bonchev–Trinajstić information content (AvgIpc) is 2.94. The molecule has 1 heterocycles. The van der Waals surface area contributed by atoms with Gasteiger partial charge in [-0.2, -0.15) is 0 Å². The number of imidazole rings is 1. The van der Waals surface area contributed by atoms with E-state index in [0.29, 0.717) is 17.2 Å². The molecule has 0 unspecified atom stereocenters. The molecule has 0 spiro atoms. The van der Waals surface area contributed by atoms with Crippen LogP contribution in [0.1, 0.15) is 19.2 Å². The highest BCUT2D eigenvalue weighted by Gasteiger charge is 2.22. The molecule has 0 saturated heterocycles. The first kappa shape index (κ1) is 14.8. The highest BCUT2D eigenvalue weighted by atomic mass is 16.6. The molecule has 0 aliphatic carbocycles. The summed E-state index contributed by atoms with van der Waals surface area (Å²) in [5, 5.41) is 11.3. The SMILES string of the molecule is CCCc1nccn1-c1cc(OC)c(OC)cc1[N+](=O)[O-]. The van der Waals surface area contributed by atoms with Gasteiger partial charge in [0.2, 0.25) is 0 Å². The van der Waals surface area contributed by atoms with Gasteiger partial charge in [-0.15, -0.1) is 0 Å². The van der Waals surface area contributed by atoms with E-state index in [4.69, 9.17) is 9.47 Å². The highest BCUT2D eigenvalue weighted by Crippen LogP contribution is 2.36. The summed E-state index contributed by atoms with van der Waals surface area (Å²) >= 11 is 0. The van der Waals surface area contributed by atoms with Gasteiger partial charge < -0.3 is 9.47 Å². The highest BCUT2D eigenvalue weighted by molar-refractivity contribution is 5.62. The second-order valence-electron chi connectivity index (χ2n) is 4.42. The van der Waals surface area contributed by atoms with Crippen LogP contribution >= 0.6 is 0 Å². The number of methoxy groups -OCH3 is 2. The van der Waals surface area contributed by atoms with Gasteiger partial charge in [-0.3, -0.25) is 14.7 Å². The van der Waals surface area contributed by atoms with Crippen LogP contribution in [-0.4, -0.2) is 28.7 Å². The van der Waals surface area contributed by atoms with Crippen LogP contribution in [0, 0.1) is 10.1 Å². The molecule has 0 atom stereocenters. The zero-order valence-corrected chi connectivity index (χ0v) is 12.2. The van der Waals surface area contributed by atoms with Crippen LogP contribution in [-0.2, 0) is 6.42 Å². The van der Waals surface area contributed by atoms with Crippen LogP contribution < -0.4 is 9.47 Å². The Morgan fingerprint density at radius 2 is 1.95 bits per heavy atom. The Morgan fingerprint density at radius 3 is 2.52 bits per heavy atom. The molecule has 0 aliphatic rings. The normalized spacial score (nSPS) is 10.4. The second-order valence-corrected chi connectivity index (χ2v) is 4.42. The van der Waals surface area contributed by atoms with Crippen LogP contribution in [0.25, 0.3) is 5.69 Å². The monoisotopic (exact) mass is 291 g/mol. The summed E-state index contributed by atoms with van der Waals surface area (Å²) < 4.78 is 12.1. The van der Waals surface area contributed by atoms with Crippen molar-refractivity contribution in [2.45, 2.75) is 19.8 Å². The number of nitrogens with zero attached hydrogens (tertiary/aromatic N) is 3. The van der Waals surface area contributed by atoms with Crippen molar-refractivity contribution in [2.24, 2.45) is 0 Å². The fourth-order valence-corrected chi connectivity index (χ4v) is 2.16. The lowest BCUT2D eigenvalue weighted by Gasteiger charge is -2.12. The molecule has 112 valence electrons. The van der Waals surface area contributed by atoms with Crippen molar-refractivity contribution in [1.82, 2.24) is 9.55 Å². The smallest absolute Gasteiger partial charge is 0.297 e. The van der Waals surface area contributed by atoms with Gasteiger partial charge in [0, 0.05) is 24.9 Å². The summed E-state index contributed by atoms with van der Waals surface area (Å²) in [5.74, 6) is 1.53. The Morgan fingerprint density at radius 1 is 1.29 bits per heavy atom. The summed E-state index contributed by atoms with van der Waals surface area (Å²) in [6, 6.07) is 2.96. The molecule has 0 fully saturated rings. The number of aromatic nitrogens is 2. The lowest BCUT2D eigenvalue weighted by Crippen LogP contribution is -2.05. The first-order valence-corrected chi connectivity index (χ1v) is 6.55. The Balaban J connectivity index is 2.65. The molecule has 21 heavy (non-hydrogen) atoms. The van der Waals surface area contributed by atoms with Crippen LogP contribution in [0.4, 0.5) is 5.69 Å². The van der Waals surface area contributed by atoms with Crippen molar-refractivity contribution in [3.8, 4) is 17.2 Å². The summed E-state index contributed by atoms with van der Waals surface area (Å²) in [6.45, 7) is 2.03. The number of nitro benzene ring substituents is 1. The molecule has 0 aliphatic heterocycles. The minimum absolute atomic E-state index is 0.0528. The maximum Gasteiger partial charge on any atom is 0.297 e. The van der Waals surface area contributed by atoms with Gasteiger partial charge in [-0.25, -0.2) is 4.98 Å². The molecule has 2 aromatic rings. The molecule has 1 aromatic carbocycles.